The lowest BCUT2D eigenvalue weighted by molar-refractivity contribution is -0.140. The highest BCUT2D eigenvalue weighted by Crippen LogP contribution is 2.03. The van der Waals surface area contributed by atoms with Crippen LogP contribution in [0.1, 0.15) is 65.2 Å². The second-order valence-corrected chi connectivity index (χ2v) is 10.5. The maximum absolute atomic E-state index is 10.1. The number of rotatable bonds is 16. The zero-order chi connectivity index (χ0) is 40.6. The number of nitrogens with one attached hydrogen (secondary N) is 1. The van der Waals surface area contributed by atoms with Gasteiger partial charge in [-0.3, -0.25) is 38.4 Å². The molecular formula is C27H57N9O14. The molecule has 0 spiro atoms. The van der Waals surface area contributed by atoms with Crippen LogP contribution in [0.5, 0.6) is 0 Å². The number of nitrogens with two attached hydrogens (primary N) is 8. The quantitative estimate of drug-likeness (QED) is 0.0663. The van der Waals surface area contributed by atoms with Crippen LogP contribution in [0.3, 0.4) is 0 Å². The highest BCUT2D eigenvalue weighted by molar-refractivity contribution is 5.83. The summed E-state index contributed by atoms with van der Waals surface area (Å²) in [5, 5.41) is 51.7. The van der Waals surface area contributed by atoms with Crippen molar-refractivity contribution in [1.29, 1.82) is 0 Å². The van der Waals surface area contributed by atoms with E-state index in [9.17, 15) is 38.4 Å². The topological polar surface area (TPSA) is 478 Å². The SMILES string of the molecule is CC(C)[C@H](N)C(=O)O.NC(=O)CC[C@H](N)C(=O)O.NC(=O)C[C@H](N)C(=O)O.NCC(=O)O.NCCCC[C@H](N)C(=O)O.O=C(O)[C@@H]1CCCN1. The standard InChI is InChI=1S/C6H14N2O2.C5H10N2O3.C5H9NO2.C5H11NO2.C4H8N2O3.C2H5NO2/c7-4-2-1-3-5(8)6(9)10;6-3(5(9)10)1-2-4(7)8;7-5(8)4-2-1-3-6-4;1-3(2)4(6)5(7)8;5-2(4(8)9)1-3(6)7;3-1-2(4)5/h5H,1-4,7-8H2,(H,9,10);3H,1-2,6H2,(H2,7,8)(H,9,10);4,6H,1-3H2,(H,7,8);3-4H,6H2,1-2H3,(H,7,8);2H,1,5H2,(H2,6,7)(H,8,9);1,3H2,(H,4,5)/t5-;3-;2*4-;2-;/m00000./s1. The molecule has 0 aliphatic carbocycles. The van der Waals surface area contributed by atoms with Crippen LogP contribution in [-0.2, 0) is 38.4 Å². The van der Waals surface area contributed by atoms with Gasteiger partial charge in [-0.05, 0) is 51.1 Å². The van der Waals surface area contributed by atoms with Crippen LogP contribution in [0.15, 0.2) is 0 Å². The lowest BCUT2D eigenvalue weighted by Crippen LogP contribution is -2.34. The van der Waals surface area contributed by atoms with E-state index in [2.05, 4.69) is 16.8 Å². The van der Waals surface area contributed by atoms with Crippen molar-refractivity contribution in [3.63, 3.8) is 0 Å². The van der Waals surface area contributed by atoms with E-state index >= 15 is 0 Å². The Labute approximate surface area is 289 Å². The molecule has 0 saturated carbocycles. The Balaban J connectivity index is -0.000000164. The van der Waals surface area contributed by atoms with E-state index in [0.717, 1.165) is 32.2 Å². The summed E-state index contributed by atoms with van der Waals surface area (Å²) in [6, 6.07) is -3.84. The molecule has 0 radical (unpaired) electrons. The molecule has 0 aromatic carbocycles. The van der Waals surface area contributed by atoms with Gasteiger partial charge in [0.2, 0.25) is 11.8 Å². The van der Waals surface area contributed by atoms with Crippen LogP contribution in [0.4, 0.5) is 0 Å². The lowest BCUT2D eigenvalue weighted by atomic mass is 10.1. The van der Waals surface area contributed by atoms with Gasteiger partial charge >= 0.3 is 35.8 Å². The van der Waals surface area contributed by atoms with Gasteiger partial charge in [-0.1, -0.05) is 20.3 Å². The highest BCUT2D eigenvalue weighted by atomic mass is 16.4. The number of carboxylic acids is 6. The summed E-state index contributed by atoms with van der Waals surface area (Å²) in [6.45, 7) is 4.74. The molecule has 0 aromatic heterocycles. The number of carboxylic acid groups (broad SMARTS) is 6. The number of unbranched alkanes of at least 4 members (excludes halogenated alkanes) is 1. The summed E-state index contributed by atoms with van der Waals surface area (Å²) >= 11 is 0. The Morgan fingerprint density at radius 2 is 1.12 bits per heavy atom. The summed E-state index contributed by atoms with van der Waals surface area (Å²) in [6.07, 6.45) is 3.76. The monoisotopic (exact) mass is 731 g/mol. The maximum Gasteiger partial charge on any atom is 0.321 e. The Kier molecular flexibility index (Phi) is 37.7. The van der Waals surface area contributed by atoms with Crippen molar-refractivity contribution in [3.05, 3.63) is 0 Å². The molecule has 5 atom stereocenters. The zero-order valence-electron chi connectivity index (χ0n) is 28.3. The molecule has 294 valence electrons. The summed E-state index contributed by atoms with van der Waals surface area (Å²) < 4.78 is 0. The van der Waals surface area contributed by atoms with Crippen LogP contribution in [-0.4, -0.2) is 128 Å². The summed E-state index contributed by atoms with van der Waals surface area (Å²) in [5.74, 6) is -7.09. The lowest BCUT2D eigenvalue weighted by Gasteiger charge is -2.07. The molecule has 1 fully saturated rings. The van der Waals surface area contributed by atoms with E-state index in [-0.39, 0.29) is 37.8 Å². The number of amides is 2. The molecule has 0 aromatic rings. The minimum absolute atomic E-state index is 0.0208. The van der Waals surface area contributed by atoms with Gasteiger partial charge in [0.15, 0.2) is 0 Å². The number of carbonyl (C=O) groups is 8. The Morgan fingerprint density at radius 1 is 0.680 bits per heavy atom. The first kappa shape index (κ1) is 54.9. The smallest absolute Gasteiger partial charge is 0.321 e. The minimum atomic E-state index is -1.21. The molecule has 0 unspecified atom stereocenters. The fraction of sp³-hybridized carbons (Fsp3) is 0.704. The van der Waals surface area contributed by atoms with E-state index in [1.165, 1.54) is 0 Å². The van der Waals surface area contributed by atoms with Crippen LogP contribution in [0, 0.1) is 5.92 Å². The van der Waals surface area contributed by atoms with Crippen molar-refractivity contribution in [3.8, 4) is 0 Å². The van der Waals surface area contributed by atoms with Crippen molar-refractivity contribution < 1.29 is 69.0 Å². The van der Waals surface area contributed by atoms with Gasteiger partial charge < -0.3 is 81.8 Å². The Morgan fingerprint density at radius 3 is 1.32 bits per heavy atom. The van der Waals surface area contributed by atoms with Gasteiger partial charge in [0.1, 0.15) is 30.2 Å². The van der Waals surface area contributed by atoms with Crippen molar-refractivity contribution in [2.24, 2.45) is 51.8 Å². The number of primary amides is 2. The predicted molar refractivity (Wildman–Crippen MR) is 178 cm³/mol. The van der Waals surface area contributed by atoms with Gasteiger partial charge in [0.25, 0.3) is 0 Å². The van der Waals surface area contributed by atoms with Crippen LogP contribution < -0.4 is 51.2 Å². The first-order chi connectivity index (χ1) is 22.9. The summed E-state index contributed by atoms with van der Waals surface area (Å²) in [4.78, 5) is 79.6. The molecule has 0 bridgehead atoms. The fourth-order valence-electron chi connectivity index (χ4n) is 2.54. The molecule has 1 heterocycles. The van der Waals surface area contributed by atoms with E-state index in [0.29, 0.717) is 13.0 Å². The van der Waals surface area contributed by atoms with Crippen LogP contribution >= 0.6 is 0 Å². The Hall–Kier alpha value is -4.52. The number of hydrogen-bond donors (Lipinski definition) is 15. The van der Waals surface area contributed by atoms with Gasteiger partial charge in [-0.15, -0.1) is 0 Å². The van der Waals surface area contributed by atoms with Crippen molar-refractivity contribution >= 4 is 47.6 Å². The van der Waals surface area contributed by atoms with E-state index in [4.69, 9.17) is 65.0 Å². The normalized spacial score (nSPS) is 14.9. The third-order valence-electron chi connectivity index (χ3n) is 5.58. The average molecular weight is 732 g/mol. The summed E-state index contributed by atoms with van der Waals surface area (Å²) in [5.41, 5.74) is 39.5. The van der Waals surface area contributed by atoms with Crippen molar-refractivity contribution in [2.45, 2.75) is 95.4 Å². The molecule has 23 nitrogen and oxygen atoms in total. The number of hydrogen-bond acceptors (Lipinski definition) is 15. The molecule has 1 aliphatic rings. The van der Waals surface area contributed by atoms with Crippen molar-refractivity contribution in [1.82, 2.24) is 5.32 Å². The maximum atomic E-state index is 10.1. The molecule has 23 heteroatoms. The highest BCUT2D eigenvalue weighted by Gasteiger charge is 2.20. The summed E-state index contributed by atoms with van der Waals surface area (Å²) in [7, 11) is 0. The van der Waals surface area contributed by atoms with Gasteiger partial charge in [0.05, 0.1) is 13.0 Å². The molecule has 1 aliphatic heterocycles. The van der Waals surface area contributed by atoms with Gasteiger partial charge in [-0.25, -0.2) is 0 Å². The number of carbonyl (C=O) groups excluding carboxylic acids is 2. The second kappa shape index (κ2) is 34.3. The van der Waals surface area contributed by atoms with E-state index in [1.54, 1.807) is 13.8 Å². The second-order valence-electron chi connectivity index (χ2n) is 10.5. The van der Waals surface area contributed by atoms with Crippen LogP contribution in [0.2, 0.25) is 0 Å². The average Bonchev–Trinajstić information content (AvgIpc) is 3.56. The molecule has 1 rings (SSSR count). The molecule has 23 N–H and O–H groups in total. The van der Waals surface area contributed by atoms with E-state index < -0.39 is 71.8 Å². The largest absolute Gasteiger partial charge is 0.480 e. The van der Waals surface area contributed by atoms with E-state index in [1.807, 2.05) is 0 Å². The molecule has 1 saturated heterocycles. The molecule has 50 heavy (non-hydrogen) atoms. The van der Waals surface area contributed by atoms with Crippen LogP contribution in [0.25, 0.3) is 0 Å². The molecular weight excluding hydrogens is 674 g/mol. The minimum Gasteiger partial charge on any atom is -0.480 e. The van der Waals surface area contributed by atoms with Gasteiger partial charge in [0, 0.05) is 6.42 Å². The third-order valence-corrected chi connectivity index (χ3v) is 5.58. The van der Waals surface area contributed by atoms with Crippen molar-refractivity contribution in [2.75, 3.05) is 19.6 Å². The predicted octanol–water partition coefficient (Wildman–Crippen LogP) is -4.63. The first-order valence-electron chi connectivity index (χ1n) is 15.0. The third kappa shape index (κ3) is 43.5. The Bertz CT molecular complexity index is 1000. The fourth-order valence-corrected chi connectivity index (χ4v) is 2.54. The van der Waals surface area contributed by atoms with Gasteiger partial charge in [-0.2, -0.15) is 0 Å². The number of aliphatic carboxylic acids is 6. The molecule has 2 amide bonds. The first-order valence-corrected chi connectivity index (χ1v) is 15.0. The zero-order valence-corrected chi connectivity index (χ0v) is 28.3.